The Morgan fingerprint density at radius 3 is 2.17 bits per heavy atom. The molecule has 196 valence electrons. The van der Waals surface area contributed by atoms with Gasteiger partial charge in [-0.25, -0.2) is 8.42 Å². The molecule has 1 aliphatic carbocycles. The van der Waals surface area contributed by atoms with Crippen molar-refractivity contribution in [2.75, 3.05) is 17.1 Å². The van der Waals surface area contributed by atoms with Crippen LogP contribution in [0.15, 0.2) is 54.6 Å². The van der Waals surface area contributed by atoms with Crippen LogP contribution in [0.2, 0.25) is 0 Å². The fraction of sp³-hybridized carbons (Fsp3) is 0.500. The minimum absolute atomic E-state index is 0.0705. The zero-order chi connectivity index (χ0) is 26.3. The van der Waals surface area contributed by atoms with Gasteiger partial charge in [0.2, 0.25) is 21.8 Å². The molecular formula is C28H39N3O4S. The van der Waals surface area contributed by atoms with Gasteiger partial charge in [-0.05, 0) is 42.9 Å². The fourth-order valence-corrected chi connectivity index (χ4v) is 5.60. The summed E-state index contributed by atoms with van der Waals surface area (Å²) in [5.41, 5.74) is 2.20. The third-order valence-corrected chi connectivity index (χ3v) is 7.95. The Kier molecular flexibility index (Phi) is 9.54. The van der Waals surface area contributed by atoms with Crippen molar-refractivity contribution in [3.63, 3.8) is 0 Å². The number of sulfonamides is 1. The number of rotatable bonds is 10. The van der Waals surface area contributed by atoms with Crippen molar-refractivity contribution in [3.05, 3.63) is 65.7 Å². The number of para-hydroxylation sites is 1. The summed E-state index contributed by atoms with van der Waals surface area (Å²) in [6.45, 7) is 5.52. The van der Waals surface area contributed by atoms with Crippen LogP contribution in [0.4, 0.5) is 5.69 Å². The highest BCUT2D eigenvalue weighted by atomic mass is 32.2. The summed E-state index contributed by atoms with van der Waals surface area (Å²) < 4.78 is 26.9. The van der Waals surface area contributed by atoms with Gasteiger partial charge in [0.15, 0.2) is 0 Å². The van der Waals surface area contributed by atoms with Gasteiger partial charge in [-0.2, -0.15) is 0 Å². The van der Waals surface area contributed by atoms with Crippen molar-refractivity contribution in [1.29, 1.82) is 0 Å². The van der Waals surface area contributed by atoms with Crippen LogP contribution in [-0.2, 0) is 26.2 Å². The van der Waals surface area contributed by atoms with Crippen LogP contribution in [0.5, 0.6) is 0 Å². The number of nitrogens with zero attached hydrogens (tertiary/aromatic N) is 2. The molecule has 1 saturated carbocycles. The Hall–Kier alpha value is -2.87. The number of amides is 2. The number of carbonyl (C=O) groups is 2. The number of hydrogen-bond acceptors (Lipinski definition) is 4. The number of hydrogen-bond donors (Lipinski definition) is 1. The average molecular weight is 514 g/mol. The maximum absolute atomic E-state index is 13.7. The van der Waals surface area contributed by atoms with Gasteiger partial charge in [-0.3, -0.25) is 13.9 Å². The summed E-state index contributed by atoms with van der Waals surface area (Å²) in [6.07, 6.45) is 6.35. The first kappa shape index (κ1) is 27.7. The van der Waals surface area contributed by atoms with Gasteiger partial charge in [-0.1, -0.05) is 81.6 Å². The first-order valence-electron chi connectivity index (χ1n) is 12.8. The van der Waals surface area contributed by atoms with E-state index in [1.165, 1.54) is 11.3 Å². The quantitative estimate of drug-likeness (QED) is 0.509. The van der Waals surface area contributed by atoms with Gasteiger partial charge in [0, 0.05) is 12.6 Å². The number of carbonyl (C=O) groups excluding carboxylic acids is 2. The van der Waals surface area contributed by atoms with Crippen molar-refractivity contribution in [2.45, 2.75) is 77.4 Å². The lowest BCUT2D eigenvalue weighted by Gasteiger charge is -2.33. The second-order valence-corrected chi connectivity index (χ2v) is 11.9. The summed E-state index contributed by atoms with van der Waals surface area (Å²) in [5.74, 6) is -0.560. The molecule has 1 aliphatic rings. The van der Waals surface area contributed by atoms with E-state index in [-0.39, 0.29) is 31.0 Å². The summed E-state index contributed by atoms with van der Waals surface area (Å²) in [4.78, 5) is 28.4. The summed E-state index contributed by atoms with van der Waals surface area (Å²) in [6, 6.07) is 16.1. The molecule has 2 aromatic carbocycles. The van der Waals surface area contributed by atoms with Crippen molar-refractivity contribution < 1.29 is 18.0 Å². The highest BCUT2D eigenvalue weighted by molar-refractivity contribution is 7.92. The van der Waals surface area contributed by atoms with E-state index >= 15 is 0 Å². The zero-order valence-corrected chi connectivity index (χ0v) is 22.6. The van der Waals surface area contributed by atoms with Crippen LogP contribution in [-0.4, -0.2) is 50.0 Å². The van der Waals surface area contributed by atoms with E-state index in [4.69, 9.17) is 0 Å². The molecule has 7 nitrogen and oxygen atoms in total. The van der Waals surface area contributed by atoms with Gasteiger partial charge in [-0.15, -0.1) is 0 Å². The molecule has 1 N–H and O–H groups in total. The predicted octanol–water partition coefficient (Wildman–Crippen LogP) is 4.44. The largest absolute Gasteiger partial charge is 0.352 e. The molecule has 1 atom stereocenters. The fourth-order valence-electron chi connectivity index (χ4n) is 4.73. The van der Waals surface area contributed by atoms with Crippen LogP contribution >= 0.6 is 0 Å². The van der Waals surface area contributed by atoms with Crippen molar-refractivity contribution >= 4 is 27.5 Å². The van der Waals surface area contributed by atoms with Gasteiger partial charge in [0.05, 0.1) is 11.9 Å². The number of nitrogens with one attached hydrogen (secondary N) is 1. The smallest absolute Gasteiger partial charge is 0.244 e. The Labute approximate surface area is 215 Å². The lowest BCUT2D eigenvalue weighted by atomic mass is 9.95. The molecular weight excluding hydrogens is 474 g/mol. The highest BCUT2D eigenvalue weighted by Crippen LogP contribution is 2.29. The van der Waals surface area contributed by atoms with Gasteiger partial charge >= 0.3 is 0 Å². The van der Waals surface area contributed by atoms with Crippen LogP contribution in [0.1, 0.15) is 69.9 Å². The maximum Gasteiger partial charge on any atom is 0.244 e. The molecule has 2 aromatic rings. The molecule has 8 heteroatoms. The summed E-state index contributed by atoms with van der Waals surface area (Å²) in [5, 5.41) is 3.11. The summed E-state index contributed by atoms with van der Waals surface area (Å²) in [7, 11) is -3.76. The Bertz CT molecular complexity index is 1130. The Morgan fingerprint density at radius 2 is 1.56 bits per heavy atom. The number of benzene rings is 2. The van der Waals surface area contributed by atoms with Gasteiger partial charge in [0.25, 0.3) is 0 Å². The molecule has 0 heterocycles. The van der Waals surface area contributed by atoms with Gasteiger partial charge in [0.1, 0.15) is 12.6 Å². The first-order chi connectivity index (χ1) is 17.1. The lowest BCUT2D eigenvalue weighted by Crippen LogP contribution is -2.53. The zero-order valence-electron chi connectivity index (χ0n) is 21.8. The molecule has 0 saturated heterocycles. The van der Waals surface area contributed by atoms with Crippen LogP contribution in [0, 0.1) is 0 Å². The topological polar surface area (TPSA) is 86.8 Å². The minimum Gasteiger partial charge on any atom is -0.352 e. The molecule has 2 amide bonds. The van der Waals surface area contributed by atoms with Crippen molar-refractivity contribution in [1.82, 2.24) is 10.2 Å². The molecule has 0 bridgehead atoms. The summed E-state index contributed by atoms with van der Waals surface area (Å²) >= 11 is 0. The SMILES string of the molecule is CC(C)c1ccccc1N(CC(=O)N(Cc1ccccc1)C(C)C(=O)NC1CCCCC1)S(C)(=O)=O. The Balaban J connectivity index is 1.89. The molecule has 0 aliphatic heterocycles. The third-order valence-electron chi connectivity index (χ3n) is 6.82. The third kappa shape index (κ3) is 7.32. The Morgan fingerprint density at radius 1 is 0.944 bits per heavy atom. The molecule has 0 spiro atoms. The van der Waals surface area contributed by atoms with E-state index in [1.807, 2.05) is 56.3 Å². The molecule has 0 aromatic heterocycles. The highest BCUT2D eigenvalue weighted by Gasteiger charge is 2.32. The number of anilines is 1. The van der Waals surface area contributed by atoms with E-state index in [1.54, 1.807) is 19.1 Å². The monoisotopic (exact) mass is 513 g/mol. The van der Waals surface area contributed by atoms with E-state index in [9.17, 15) is 18.0 Å². The van der Waals surface area contributed by atoms with Crippen molar-refractivity contribution in [2.24, 2.45) is 0 Å². The second kappa shape index (κ2) is 12.4. The lowest BCUT2D eigenvalue weighted by molar-refractivity contribution is -0.139. The normalized spacial score (nSPS) is 15.4. The molecule has 3 rings (SSSR count). The van der Waals surface area contributed by atoms with Crippen LogP contribution in [0.3, 0.4) is 0 Å². The molecule has 1 fully saturated rings. The second-order valence-electron chi connectivity index (χ2n) is 10.0. The molecule has 36 heavy (non-hydrogen) atoms. The minimum atomic E-state index is -3.76. The molecule has 1 unspecified atom stereocenters. The molecule has 0 radical (unpaired) electrons. The van der Waals surface area contributed by atoms with E-state index in [0.717, 1.165) is 47.4 Å². The van der Waals surface area contributed by atoms with E-state index in [2.05, 4.69) is 5.32 Å². The van der Waals surface area contributed by atoms with Crippen LogP contribution in [0.25, 0.3) is 0 Å². The van der Waals surface area contributed by atoms with Gasteiger partial charge < -0.3 is 10.2 Å². The first-order valence-corrected chi connectivity index (χ1v) is 14.6. The van der Waals surface area contributed by atoms with E-state index in [0.29, 0.717) is 5.69 Å². The van der Waals surface area contributed by atoms with Crippen molar-refractivity contribution in [3.8, 4) is 0 Å². The van der Waals surface area contributed by atoms with E-state index < -0.39 is 22.0 Å². The van der Waals surface area contributed by atoms with Crippen LogP contribution < -0.4 is 9.62 Å². The standard InChI is InChI=1S/C28H39N3O4S/c1-21(2)25-17-11-12-18-26(25)31(36(4,34)35)20-27(32)30(19-23-13-7-5-8-14-23)22(3)28(33)29-24-15-9-6-10-16-24/h5,7-8,11-14,17-18,21-22,24H,6,9-10,15-16,19-20H2,1-4H3,(H,29,33). The maximum atomic E-state index is 13.7. The average Bonchev–Trinajstić information content (AvgIpc) is 2.85. The predicted molar refractivity (Wildman–Crippen MR) is 144 cm³/mol.